The zero-order valence-corrected chi connectivity index (χ0v) is 8.66. The van der Waals surface area contributed by atoms with Crippen molar-refractivity contribution < 1.29 is 52.8 Å². The van der Waals surface area contributed by atoms with Crippen LogP contribution in [0.25, 0.3) is 6.08 Å². The van der Waals surface area contributed by atoms with Crippen LogP contribution in [-0.4, -0.2) is 4.98 Å². The maximum atomic E-state index is 3.88. The fourth-order valence-electron chi connectivity index (χ4n) is 0.497. The van der Waals surface area contributed by atoms with Crippen LogP contribution in [0.3, 0.4) is 0 Å². The molecule has 0 spiro atoms. The SMILES string of the molecule is C=Cc1cccnc1.[H-].[K+]. The van der Waals surface area contributed by atoms with Crippen LogP contribution in [0, 0.1) is 0 Å². The summed E-state index contributed by atoms with van der Waals surface area (Å²) in [7, 11) is 0. The summed E-state index contributed by atoms with van der Waals surface area (Å²) in [6.45, 7) is 3.59. The summed E-state index contributed by atoms with van der Waals surface area (Å²) < 4.78 is 0. The van der Waals surface area contributed by atoms with Crippen molar-refractivity contribution in [2.45, 2.75) is 0 Å². The van der Waals surface area contributed by atoms with E-state index in [-0.39, 0.29) is 52.8 Å². The maximum Gasteiger partial charge on any atom is 1.00 e. The van der Waals surface area contributed by atoms with E-state index in [0.29, 0.717) is 0 Å². The topological polar surface area (TPSA) is 12.9 Å². The van der Waals surface area contributed by atoms with Crippen molar-refractivity contribution in [1.29, 1.82) is 0 Å². The second-order valence-corrected chi connectivity index (χ2v) is 1.49. The van der Waals surface area contributed by atoms with Gasteiger partial charge in [-0.15, -0.1) is 0 Å². The van der Waals surface area contributed by atoms with E-state index in [4.69, 9.17) is 0 Å². The van der Waals surface area contributed by atoms with E-state index >= 15 is 0 Å². The van der Waals surface area contributed by atoms with Gasteiger partial charge in [-0.25, -0.2) is 0 Å². The third-order valence-corrected chi connectivity index (χ3v) is 0.920. The first kappa shape index (κ1) is 9.53. The smallest absolute Gasteiger partial charge is 1.00 e. The molecule has 2 heteroatoms. The number of nitrogens with zero attached hydrogens (tertiary/aromatic N) is 1. The van der Waals surface area contributed by atoms with Crippen LogP contribution in [0.4, 0.5) is 0 Å². The summed E-state index contributed by atoms with van der Waals surface area (Å²) in [5.74, 6) is 0. The van der Waals surface area contributed by atoms with Crippen LogP contribution >= 0.6 is 0 Å². The van der Waals surface area contributed by atoms with Crippen molar-refractivity contribution >= 4 is 6.08 Å². The van der Waals surface area contributed by atoms with Crippen LogP contribution in [0.5, 0.6) is 0 Å². The summed E-state index contributed by atoms with van der Waals surface area (Å²) in [6, 6.07) is 3.84. The Morgan fingerprint density at radius 1 is 1.67 bits per heavy atom. The van der Waals surface area contributed by atoms with Gasteiger partial charge in [0.25, 0.3) is 0 Å². The van der Waals surface area contributed by atoms with E-state index in [0.717, 1.165) is 5.56 Å². The fourth-order valence-corrected chi connectivity index (χ4v) is 0.497. The molecule has 42 valence electrons. The molecule has 0 saturated heterocycles. The van der Waals surface area contributed by atoms with Crippen LogP contribution in [0.15, 0.2) is 31.1 Å². The number of aromatic nitrogens is 1. The average Bonchev–Trinajstić information content (AvgIpc) is 1.90. The third-order valence-electron chi connectivity index (χ3n) is 0.920. The van der Waals surface area contributed by atoms with E-state index in [9.17, 15) is 0 Å². The molecular weight excluding hydrogens is 137 g/mol. The Balaban J connectivity index is 0. The second kappa shape index (κ2) is 5.32. The molecular formula is C7H8KN. The maximum absolute atomic E-state index is 3.88. The Hall–Kier alpha value is 0.526. The van der Waals surface area contributed by atoms with Gasteiger partial charge in [0, 0.05) is 12.4 Å². The predicted molar refractivity (Wildman–Crippen MR) is 35.4 cm³/mol. The van der Waals surface area contributed by atoms with E-state index < -0.39 is 0 Å². The molecule has 1 aromatic rings. The molecule has 0 bridgehead atoms. The molecule has 0 fully saturated rings. The van der Waals surface area contributed by atoms with Crippen LogP contribution < -0.4 is 51.4 Å². The minimum absolute atomic E-state index is 0. The largest absolute Gasteiger partial charge is 1.00 e. The number of hydrogen-bond donors (Lipinski definition) is 0. The van der Waals surface area contributed by atoms with Gasteiger partial charge in [0.05, 0.1) is 0 Å². The van der Waals surface area contributed by atoms with E-state index in [1.54, 1.807) is 18.5 Å². The number of rotatable bonds is 1. The molecule has 0 atom stereocenters. The fraction of sp³-hybridized carbons (Fsp3) is 0. The molecule has 0 aromatic carbocycles. The van der Waals surface area contributed by atoms with E-state index in [2.05, 4.69) is 11.6 Å². The van der Waals surface area contributed by atoms with Crippen molar-refractivity contribution in [3.05, 3.63) is 36.7 Å². The first-order chi connectivity index (χ1) is 3.93. The molecule has 0 saturated carbocycles. The summed E-state index contributed by atoms with van der Waals surface area (Å²) >= 11 is 0. The van der Waals surface area contributed by atoms with Crippen LogP contribution in [0.1, 0.15) is 6.99 Å². The number of hydrogen-bond acceptors (Lipinski definition) is 1. The molecule has 0 aliphatic carbocycles. The summed E-state index contributed by atoms with van der Waals surface area (Å²) in [4.78, 5) is 3.88. The van der Waals surface area contributed by atoms with Crippen molar-refractivity contribution in [3.63, 3.8) is 0 Å². The van der Waals surface area contributed by atoms with Crippen LogP contribution in [-0.2, 0) is 0 Å². The Labute approximate surface area is 99.1 Å². The molecule has 9 heavy (non-hydrogen) atoms. The van der Waals surface area contributed by atoms with Gasteiger partial charge >= 0.3 is 51.4 Å². The molecule has 0 radical (unpaired) electrons. The summed E-state index contributed by atoms with van der Waals surface area (Å²) in [6.07, 6.45) is 5.28. The van der Waals surface area contributed by atoms with Gasteiger partial charge in [-0.2, -0.15) is 0 Å². The second-order valence-electron chi connectivity index (χ2n) is 1.49. The third kappa shape index (κ3) is 3.28. The van der Waals surface area contributed by atoms with Crippen molar-refractivity contribution in [2.24, 2.45) is 0 Å². The Morgan fingerprint density at radius 3 is 2.78 bits per heavy atom. The molecule has 1 rings (SSSR count). The van der Waals surface area contributed by atoms with Crippen molar-refractivity contribution in [2.75, 3.05) is 0 Å². The molecule has 0 N–H and O–H groups in total. The van der Waals surface area contributed by atoms with Gasteiger partial charge in [0.15, 0.2) is 0 Å². The minimum Gasteiger partial charge on any atom is -1.00 e. The molecule has 1 nitrogen and oxygen atoms in total. The van der Waals surface area contributed by atoms with Gasteiger partial charge in [0.2, 0.25) is 0 Å². The molecule has 0 unspecified atom stereocenters. The first-order valence-corrected chi connectivity index (χ1v) is 2.46. The number of pyridine rings is 1. The van der Waals surface area contributed by atoms with Crippen molar-refractivity contribution in [3.8, 4) is 0 Å². The van der Waals surface area contributed by atoms with Gasteiger partial charge in [-0.1, -0.05) is 18.7 Å². The molecule has 0 aliphatic rings. The molecule has 0 aliphatic heterocycles. The quantitative estimate of drug-likeness (QED) is 0.454. The Kier molecular flexibility index (Phi) is 5.63. The van der Waals surface area contributed by atoms with Gasteiger partial charge in [-0.3, -0.25) is 4.98 Å². The van der Waals surface area contributed by atoms with Gasteiger partial charge < -0.3 is 1.43 Å². The van der Waals surface area contributed by atoms with Gasteiger partial charge in [-0.05, 0) is 11.6 Å². The first-order valence-electron chi connectivity index (χ1n) is 2.46. The van der Waals surface area contributed by atoms with E-state index in [1.165, 1.54) is 0 Å². The van der Waals surface area contributed by atoms with E-state index in [1.807, 2.05) is 12.1 Å². The zero-order valence-electron chi connectivity index (χ0n) is 6.54. The normalized spacial score (nSPS) is 7.56. The van der Waals surface area contributed by atoms with Crippen LogP contribution in [0.2, 0.25) is 0 Å². The monoisotopic (exact) mass is 145 g/mol. The summed E-state index contributed by atoms with van der Waals surface area (Å²) in [5.41, 5.74) is 1.06. The predicted octanol–water partition coefficient (Wildman–Crippen LogP) is -1.16. The van der Waals surface area contributed by atoms with Gasteiger partial charge in [0.1, 0.15) is 0 Å². The Morgan fingerprint density at radius 2 is 2.44 bits per heavy atom. The molecule has 0 amide bonds. The summed E-state index contributed by atoms with van der Waals surface area (Å²) in [5, 5.41) is 0. The molecule has 1 heterocycles. The zero-order chi connectivity index (χ0) is 5.82. The minimum atomic E-state index is 0. The standard InChI is InChI=1S/C7H7N.K.H/c1-2-7-4-3-5-8-6-7;;/h2-6H,1H2;;/q;+1;-1. The molecule has 1 aromatic heterocycles. The Bertz CT molecular complexity index is 176. The van der Waals surface area contributed by atoms with Crippen molar-refractivity contribution in [1.82, 2.24) is 4.98 Å². The average molecular weight is 145 g/mol.